The van der Waals surface area contributed by atoms with E-state index in [0.717, 1.165) is 5.56 Å². The molecule has 0 bridgehead atoms. The smallest absolute Gasteiger partial charge is 0.291 e. The van der Waals surface area contributed by atoms with Crippen molar-refractivity contribution in [1.29, 1.82) is 0 Å². The third kappa shape index (κ3) is 5.06. The first kappa shape index (κ1) is 20.9. The van der Waals surface area contributed by atoms with Gasteiger partial charge in [-0.25, -0.2) is 14.4 Å². The largest absolute Gasteiger partial charge is 0.350 e. The van der Waals surface area contributed by atoms with Crippen molar-refractivity contribution in [3.05, 3.63) is 77.0 Å². The van der Waals surface area contributed by atoms with E-state index in [-0.39, 0.29) is 28.7 Å². The number of hydrogen-bond donors (Lipinski definition) is 1. The van der Waals surface area contributed by atoms with Gasteiger partial charge in [-0.15, -0.1) is 0 Å². The summed E-state index contributed by atoms with van der Waals surface area (Å²) in [7, 11) is 0. The molecule has 0 aliphatic carbocycles. The van der Waals surface area contributed by atoms with Crippen molar-refractivity contribution in [3.8, 4) is 0 Å². The average Bonchev–Trinajstić information content (AvgIpc) is 2.79. The van der Waals surface area contributed by atoms with Gasteiger partial charge in [0, 0.05) is 42.9 Å². The molecule has 0 unspecified atom stereocenters. The van der Waals surface area contributed by atoms with Crippen LogP contribution in [0.2, 0.25) is 5.02 Å². The van der Waals surface area contributed by atoms with Gasteiger partial charge in [-0.2, -0.15) is 0 Å². The van der Waals surface area contributed by atoms with Crippen LogP contribution in [0.3, 0.4) is 0 Å². The number of benzene rings is 2. The summed E-state index contributed by atoms with van der Waals surface area (Å²) in [4.78, 5) is 34.9. The van der Waals surface area contributed by atoms with Crippen molar-refractivity contribution in [1.82, 2.24) is 20.2 Å². The molecule has 1 aliphatic heterocycles. The lowest BCUT2D eigenvalue weighted by atomic mass is 10.0. The fourth-order valence-corrected chi connectivity index (χ4v) is 3.65. The van der Waals surface area contributed by atoms with Crippen LogP contribution < -0.4 is 5.32 Å². The van der Waals surface area contributed by atoms with E-state index < -0.39 is 5.82 Å². The minimum absolute atomic E-state index is 0.00858. The number of likely N-dealkylation sites (tertiary alicyclic amines) is 1. The maximum absolute atomic E-state index is 13.7. The molecule has 1 aromatic heterocycles. The van der Waals surface area contributed by atoms with Crippen LogP contribution in [0.15, 0.2) is 54.7 Å². The summed E-state index contributed by atoms with van der Waals surface area (Å²) < 4.78 is 13.7. The Morgan fingerprint density at radius 2 is 1.90 bits per heavy atom. The molecular weight excluding hydrogens is 419 g/mol. The van der Waals surface area contributed by atoms with Gasteiger partial charge in [0.1, 0.15) is 5.82 Å². The molecular formula is C23H20ClFN4O2. The molecule has 4 rings (SSSR count). The third-order valence-corrected chi connectivity index (χ3v) is 5.46. The molecule has 0 radical (unpaired) electrons. The van der Waals surface area contributed by atoms with E-state index in [4.69, 9.17) is 11.6 Å². The van der Waals surface area contributed by atoms with Crippen LogP contribution in [0.4, 0.5) is 4.39 Å². The van der Waals surface area contributed by atoms with Gasteiger partial charge < -0.3 is 10.2 Å². The summed E-state index contributed by atoms with van der Waals surface area (Å²) in [6, 6.07) is 12.2. The summed E-state index contributed by atoms with van der Waals surface area (Å²) in [5.74, 6) is -1.05. The van der Waals surface area contributed by atoms with Crippen LogP contribution in [0, 0.1) is 5.82 Å². The quantitative estimate of drug-likeness (QED) is 0.628. The van der Waals surface area contributed by atoms with Gasteiger partial charge in [0.15, 0.2) is 0 Å². The lowest BCUT2D eigenvalue weighted by Crippen LogP contribution is -2.46. The second-order valence-corrected chi connectivity index (χ2v) is 7.75. The number of carbonyl (C=O) groups excluding carboxylic acids is 2. The number of rotatable bonds is 4. The first-order valence-corrected chi connectivity index (χ1v) is 10.3. The average molecular weight is 439 g/mol. The molecule has 3 aromatic rings. The normalized spacial score (nSPS) is 14.8. The van der Waals surface area contributed by atoms with Gasteiger partial charge in [-0.3, -0.25) is 9.59 Å². The zero-order valence-electron chi connectivity index (χ0n) is 16.6. The lowest BCUT2D eigenvalue weighted by molar-refractivity contribution is -0.117. The summed E-state index contributed by atoms with van der Waals surface area (Å²) in [5, 5.41) is 3.52. The van der Waals surface area contributed by atoms with Gasteiger partial charge in [-0.1, -0.05) is 41.9 Å². The minimum atomic E-state index is -0.593. The molecule has 0 atom stereocenters. The Balaban J connectivity index is 1.33. The first-order valence-electron chi connectivity index (χ1n) is 9.94. The van der Waals surface area contributed by atoms with Gasteiger partial charge in [-0.05, 0) is 30.5 Å². The van der Waals surface area contributed by atoms with Crippen LogP contribution in [0.5, 0.6) is 0 Å². The fourth-order valence-electron chi connectivity index (χ4n) is 3.48. The molecule has 6 nitrogen and oxygen atoms in total. The van der Waals surface area contributed by atoms with Crippen LogP contribution >= 0.6 is 11.6 Å². The lowest BCUT2D eigenvalue weighted by Gasteiger charge is -2.31. The minimum Gasteiger partial charge on any atom is -0.350 e. The number of amides is 2. The molecule has 2 aromatic carbocycles. The molecule has 1 saturated heterocycles. The number of nitrogens with zero attached hydrogens (tertiary/aromatic N) is 3. The molecule has 1 fully saturated rings. The summed E-state index contributed by atoms with van der Waals surface area (Å²) >= 11 is 5.77. The Bertz CT molecular complexity index is 1150. The maximum atomic E-state index is 13.7. The van der Waals surface area contributed by atoms with Crippen molar-refractivity contribution in [2.75, 3.05) is 13.1 Å². The van der Waals surface area contributed by atoms with Gasteiger partial charge in [0.05, 0.1) is 10.5 Å². The predicted molar refractivity (Wildman–Crippen MR) is 117 cm³/mol. The SMILES string of the molecule is O=C(/C=C/c1ccccc1)NC1CCN(C(=O)c2ncc3cc(Cl)c(F)cc3n2)CC1. The number of hydrogen-bond acceptors (Lipinski definition) is 4. The number of piperidine rings is 1. The molecule has 0 spiro atoms. The van der Waals surface area contributed by atoms with Crippen molar-refractivity contribution < 1.29 is 14.0 Å². The number of aromatic nitrogens is 2. The Hall–Kier alpha value is -3.32. The maximum Gasteiger partial charge on any atom is 0.291 e. The van der Waals surface area contributed by atoms with Crippen molar-refractivity contribution in [2.45, 2.75) is 18.9 Å². The van der Waals surface area contributed by atoms with Crippen LogP contribution in [-0.2, 0) is 4.79 Å². The van der Waals surface area contributed by atoms with Crippen LogP contribution in [0.1, 0.15) is 29.0 Å². The van der Waals surface area contributed by atoms with Crippen molar-refractivity contribution >= 4 is 40.4 Å². The number of fused-ring (bicyclic) bond motifs is 1. The van der Waals surface area contributed by atoms with E-state index in [1.807, 2.05) is 30.3 Å². The van der Waals surface area contributed by atoms with Crippen molar-refractivity contribution in [2.24, 2.45) is 0 Å². The zero-order valence-corrected chi connectivity index (χ0v) is 17.3. The highest BCUT2D eigenvalue weighted by molar-refractivity contribution is 6.31. The second-order valence-electron chi connectivity index (χ2n) is 7.34. The Morgan fingerprint density at radius 3 is 2.65 bits per heavy atom. The van der Waals surface area contributed by atoms with E-state index >= 15 is 0 Å². The molecule has 2 heterocycles. The van der Waals surface area contributed by atoms with Gasteiger partial charge in [0.2, 0.25) is 11.7 Å². The highest BCUT2D eigenvalue weighted by Gasteiger charge is 2.26. The van der Waals surface area contributed by atoms with E-state index in [0.29, 0.717) is 36.8 Å². The fraction of sp³-hybridized carbons (Fsp3) is 0.217. The number of carbonyl (C=O) groups is 2. The molecule has 0 saturated carbocycles. The predicted octanol–water partition coefficient (Wildman–Crippen LogP) is 3.86. The first-order chi connectivity index (χ1) is 15.0. The van der Waals surface area contributed by atoms with Gasteiger partial charge >= 0.3 is 0 Å². The molecule has 158 valence electrons. The third-order valence-electron chi connectivity index (χ3n) is 5.17. The Morgan fingerprint density at radius 1 is 1.16 bits per heavy atom. The van der Waals surface area contributed by atoms with E-state index in [1.165, 1.54) is 24.4 Å². The van der Waals surface area contributed by atoms with Crippen LogP contribution in [0.25, 0.3) is 17.0 Å². The summed E-state index contributed by atoms with van der Waals surface area (Å²) in [5.41, 5.74) is 1.28. The standard InChI is InChI=1S/C23H20ClFN4O2/c24-18-12-16-14-26-22(28-20(16)13-19(18)25)23(31)29-10-8-17(9-11-29)27-21(30)7-6-15-4-2-1-3-5-15/h1-7,12-14,17H,8-11H2,(H,27,30)/b7-6+. The van der Waals surface area contributed by atoms with Gasteiger partial charge in [0.25, 0.3) is 5.91 Å². The summed E-state index contributed by atoms with van der Waals surface area (Å²) in [6.45, 7) is 0.950. The van der Waals surface area contributed by atoms with Crippen LogP contribution in [-0.4, -0.2) is 45.8 Å². The number of nitrogens with one attached hydrogen (secondary N) is 1. The van der Waals surface area contributed by atoms with E-state index in [1.54, 1.807) is 11.0 Å². The monoisotopic (exact) mass is 438 g/mol. The molecule has 31 heavy (non-hydrogen) atoms. The Kier molecular flexibility index (Phi) is 6.23. The summed E-state index contributed by atoms with van der Waals surface area (Å²) in [6.07, 6.45) is 6.01. The highest BCUT2D eigenvalue weighted by atomic mass is 35.5. The number of halogens is 2. The Labute approximate surface area is 183 Å². The topological polar surface area (TPSA) is 75.2 Å². The van der Waals surface area contributed by atoms with E-state index in [2.05, 4.69) is 15.3 Å². The van der Waals surface area contributed by atoms with E-state index in [9.17, 15) is 14.0 Å². The highest BCUT2D eigenvalue weighted by Crippen LogP contribution is 2.21. The second kappa shape index (κ2) is 9.22. The molecule has 8 heteroatoms. The zero-order chi connectivity index (χ0) is 21.8. The molecule has 2 amide bonds. The molecule has 1 aliphatic rings. The molecule has 1 N–H and O–H groups in total. The van der Waals surface area contributed by atoms with Crippen molar-refractivity contribution in [3.63, 3.8) is 0 Å².